The number of ether oxygens (including phenoxy) is 2. The molecule has 11 heteroatoms. The van der Waals surface area contributed by atoms with E-state index in [-0.39, 0.29) is 117 Å². The summed E-state index contributed by atoms with van der Waals surface area (Å²) >= 11 is 0. The van der Waals surface area contributed by atoms with Gasteiger partial charge in [-0.05, 0) is 152 Å². The van der Waals surface area contributed by atoms with Crippen LogP contribution in [-0.4, -0.2) is 56.4 Å². The molecular weight excluding hydrogens is 959 g/mol. The fourth-order valence-corrected chi connectivity index (χ4v) is 11.5. The molecule has 4 aliphatic carbocycles. The second kappa shape index (κ2) is 28.6. The molecule has 2 saturated carbocycles. The van der Waals surface area contributed by atoms with Gasteiger partial charge in [0, 0.05) is 23.5 Å². The number of hydrogen-bond acceptors (Lipinski definition) is 9. The molecule has 0 amide bonds. The fourth-order valence-electron chi connectivity index (χ4n) is 9.77. The Morgan fingerprint density at radius 3 is 1.34 bits per heavy atom. The summed E-state index contributed by atoms with van der Waals surface area (Å²) in [5.41, 5.74) is 11.0. The zero-order valence-electron chi connectivity index (χ0n) is 47.9. The Balaban J connectivity index is 0.00000103. The van der Waals surface area contributed by atoms with Gasteiger partial charge in [-0.1, -0.05) is 159 Å². The Bertz CT molecular complexity index is 2260. The Labute approximate surface area is 488 Å². The third-order valence-electron chi connectivity index (χ3n) is 14.8. The van der Waals surface area contributed by atoms with Crippen molar-refractivity contribution in [1.82, 2.24) is 0 Å². The van der Waals surface area contributed by atoms with E-state index in [4.69, 9.17) is 18.5 Å². The number of hydrogen-bond donors (Lipinski definition) is 0. The maximum Gasteiger partial charge on any atom is 1.00 e. The zero-order chi connectivity index (χ0) is 53.3. The third kappa shape index (κ3) is 20.4. The van der Waals surface area contributed by atoms with Crippen molar-refractivity contribution in [2.75, 3.05) is 32.6 Å². The average Bonchev–Trinajstić information content (AvgIpc) is 4.13. The van der Waals surface area contributed by atoms with Gasteiger partial charge < -0.3 is 28.4 Å². The molecule has 4 unspecified atom stereocenters. The molecule has 2 aromatic carbocycles. The van der Waals surface area contributed by atoms with Crippen LogP contribution in [0.4, 0.5) is 0 Å². The third-order valence-corrected chi connectivity index (χ3v) is 17.0. The van der Waals surface area contributed by atoms with Crippen molar-refractivity contribution >= 4 is 25.8 Å². The minimum absolute atomic E-state index is 0. The van der Waals surface area contributed by atoms with Crippen LogP contribution in [0.5, 0.6) is 0 Å². The van der Waals surface area contributed by atoms with Crippen LogP contribution in [0.15, 0.2) is 71.8 Å². The molecule has 6 rings (SSSR count). The summed E-state index contributed by atoms with van der Waals surface area (Å²) in [6.07, 6.45) is 15.6. The molecule has 0 radical (unpaired) electrons. The summed E-state index contributed by atoms with van der Waals surface area (Å²) in [6, 6.07) is 14.2. The SMILES string of the molecule is C.C.CC(C)(C)[O-].CC1(C)CCC(C)(C)c2cc(C3(C)CC3C=O)ccc21.CCOC(=O)/C=C(C)/C=C/C1CC1(C)c1ccc2c(c1)C(C)(C)CCC2(C)C.CCOC(=O)/C=C(\C)CP(=O)(OCC)OCC.[K+]. The molecule has 0 aromatic heterocycles. The van der Waals surface area contributed by atoms with Crippen LogP contribution in [0, 0.1) is 11.8 Å². The van der Waals surface area contributed by atoms with Gasteiger partial charge in [0.1, 0.15) is 6.29 Å². The van der Waals surface area contributed by atoms with Gasteiger partial charge in [-0.25, -0.2) is 9.59 Å². The van der Waals surface area contributed by atoms with Crippen LogP contribution in [0.1, 0.15) is 218 Å². The average molecular weight is 1060 g/mol. The van der Waals surface area contributed by atoms with Crippen molar-refractivity contribution < 1.29 is 94.0 Å². The number of aldehydes is 1. The molecule has 4 atom stereocenters. The number of benzene rings is 2. The molecule has 4 aliphatic rings. The first-order valence-corrected chi connectivity index (χ1v) is 27.6. The zero-order valence-corrected chi connectivity index (χ0v) is 51.9. The smallest absolute Gasteiger partial charge is 0.850 e. The van der Waals surface area contributed by atoms with Gasteiger partial charge in [0.25, 0.3) is 0 Å². The van der Waals surface area contributed by atoms with E-state index in [0.29, 0.717) is 37.9 Å². The number of esters is 2. The van der Waals surface area contributed by atoms with Crippen LogP contribution in [-0.2, 0) is 70.0 Å². The molecule has 0 aliphatic heterocycles. The second-order valence-corrected chi connectivity index (χ2v) is 26.2. The fraction of sp³-hybridized carbons (Fsp3) is 0.661. The van der Waals surface area contributed by atoms with Gasteiger partial charge in [0.15, 0.2) is 0 Å². The first kappa shape index (κ1) is 71.0. The van der Waals surface area contributed by atoms with Crippen LogP contribution in [0.3, 0.4) is 0 Å². The molecule has 0 saturated heterocycles. The molecule has 408 valence electrons. The van der Waals surface area contributed by atoms with Crippen LogP contribution in [0.25, 0.3) is 0 Å². The number of fused-ring (bicyclic) bond motifs is 2. The van der Waals surface area contributed by atoms with Crippen molar-refractivity contribution in [2.45, 2.75) is 223 Å². The summed E-state index contributed by atoms with van der Waals surface area (Å²) in [4.78, 5) is 33.8. The van der Waals surface area contributed by atoms with E-state index < -0.39 is 19.2 Å². The van der Waals surface area contributed by atoms with E-state index in [2.05, 4.69) is 118 Å². The van der Waals surface area contributed by atoms with Gasteiger partial charge in [0.2, 0.25) is 0 Å². The molecule has 2 fully saturated rings. The molecule has 0 N–H and O–H groups in total. The topological polar surface area (TPSA) is 128 Å². The van der Waals surface area contributed by atoms with Gasteiger partial charge in [-0.15, -0.1) is 5.60 Å². The maximum absolute atomic E-state index is 12.1. The van der Waals surface area contributed by atoms with Crippen molar-refractivity contribution in [3.63, 3.8) is 0 Å². The maximum atomic E-state index is 12.1. The van der Waals surface area contributed by atoms with Gasteiger partial charge in [-0.2, -0.15) is 0 Å². The van der Waals surface area contributed by atoms with E-state index in [9.17, 15) is 24.1 Å². The van der Waals surface area contributed by atoms with Gasteiger partial charge in [0.05, 0.1) is 32.6 Å². The standard InChI is InChI=1S/C26H36O2.C19H26O.C11H21O5P.C4H9O.2CH4.K/c1-8-28-23(27)15-18(2)9-10-20-17-26(20,7)19-11-12-21-22(16-19)25(5,6)14-13-24(21,3)4;1-17(2)8-9-18(3,4)16-10-13(6-7-15(16)17)19(5)11-14(19)12-20;1-5-14-11(12)8-10(4)9-17(13,15-6-2)16-7-3;1-4(2,3)5;;;/h9-12,15-16,20H,8,13-14,17H2,1-7H3;6-7,10,12,14H,8-9,11H2,1-5H3;8H,5-7,9H2,1-4H3;1-3H3;2*1H4;/q;;;-1;;;+1/b10-9+,18-15+;;10-8+;;;;. The largest absolute Gasteiger partial charge is 1.00 e. The predicted octanol–water partition coefficient (Wildman–Crippen LogP) is 12.1. The number of carbonyl (C=O) groups is 3. The van der Waals surface area contributed by atoms with E-state index in [1.54, 1.807) is 54.5 Å². The van der Waals surface area contributed by atoms with Gasteiger partial charge >= 0.3 is 70.9 Å². The Hall–Kier alpha value is -1.98. The summed E-state index contributed by atoms with van der Waals surface area (Å²) in [7, 11) is -3.13. The Morgan fingerprint density at radius 1 is 0.630 bits per heavy atom. The van der Waals surface area contributed by atoms with Crippen molar-refractivity contribution in [2.24, 2.45) is 11.8 Å². The summed E-state index contributed by atoms with van der Waals surface area (Å²) in [6.45, 7) is 40.5. The molecule has 0 heterocycles. The van der Waals surface area contributed by atoms with Crippen molar-refractivity contribution in [1.29, 1.82) is 0 Å². The molecule has 9 nitrogen and oxygen atoms in total. The summed E-state index contributed by atoms with van der Waals surface area (Å²) in [5.74, 6) is 0.0448. The Morgan fingerprint density at radius 2 is 0.986 bits per heavy atom. The van der Waals surface area contributed by atoms with Crippen molar-refractivity contribution in [3.05, 3.63) is 105 Å². The van der Waals surface area contributed by atoms with E-state index in [1.165, 1.54) is 71.6 Å². The number of allylic oxidation sites excluding steroid dienone is 4. The molecule has 0 spiro atoms. The minimum Gasteiger partial charge on any atom is -0.850 e. The van der Waals surface area contributed by atoms with E-state index in [1.807, 2.05) is 13.8 Å². The summed E-state index contributed by atoms with van der Waals surface area (Å²) < 4.78 is 32.1. The summed E-state index contributed by atoms with van der Waals surface area (Å²) in [5, 5.41) is 10.1. The molecule has 2 aromatic rings. The molecule has 73 heavy (non-hydrogen) atoms. The van der Waals surface area contributed by atoms with E-state index >= 15 is 0 Å². The molecular formula is C62H100KO9P. The van der Waals surface area contributed by atoms with Crippen LogP contribution in [0.2, 0.25) is 0 Å². The first-order valence-electron chi connectivity index (χ1n) is 25.9. The monoisotopic (exact) mass is 1060 g/mol. The van der Waals surface area contributed by atoms with E-state index in [0.717, 1.165) is 18.3 Å². The Kier molecular flexibility index (Phi) is 27.8. The normalized spacial score (nSPS) is 23.7. The van der Waals surface area contributed by atoms with Gasteiger partial charge in [-0.3, -0.25) is 4.57 Å². The second-order valence-electron chi connectivity index (χ2n) is 24.1. The quantitative estimate of drug-likeness (QED) is 0.0428. The number of carbonyl (C=O) groups excluding carboxylic acids is 3. The predicted molar refractivity (Wildman–Crippen MR) is 299 cm³/mol. The van der Waals surface area contributed by atoms with Crippen molar-refractivity contribution in [3.8, 4) is 0 Å². The van der Waals surface area contributed by atoms with Crippen LogP contribution >= 0.6 is 7.60 Å². The van der Waals surface area contributed by atoms with Crippen LogP contribution < -0.4 is 56.5 Å². The first-order chi connectivity index (χ1) is 32.2. The molecule has 0 bridgehead atoms. The minimum atomic E-state index is -3.13. The number of rotatable bonds is 15.